The topological polar surface area (TPSA) is 67.3 Å². The second-order valence-electron chi connectivity index (χ2n) is 6.22. The van der Waals surface area contributed by atoms with Crippen molar-refractivity contribution in [3.05, 3.63) is 48.3 Å². The van der Waals surface area contributed by atoms with Crippen LogP contribution >= 0.6 is 0 Å². The molecule has 0 saturated carbocycles. The number of hydrogen-bond donors (Lipinski definition) is 1. The second-order valence-corrected chi connectivity index (χ2v) is 6.22. The molecule has 1 N–H and O–H groups in total. The fourth-order valence-electron chi connectivity index (χ4n) is 2.52. The van der Waals surface area contributed by atoms with E-state index in [1.54, 1.807) is 23.4 Å². The Labute approximate surface area is 141 Å². The molecule has 0 spiro atoms. The fourth-order valence-corrected chi connectivity index (χ4v) is 2.52. The number of likely N-dealkylation sites (tertiary alicyclic amines) is 1. The second kappa shape index (κ2) is 7.29. The van der Waals surface area contributed by atoms with E-state index in [4.69, 9.17) is 4.74 Å². The van der Waals surface area contributed by atoms with Crippen LogP contribution in [0.1, 0.15) is 25.3 Å². The van der Waals surface area contributed by atoms with Crippen molar-refractivity contribution >= 4 is 11.9 Å². The Bertz CT molecular complexity index is 667. The van der Waals surface area contributed by atoms with Gasteiger partial charge in [-0.25, -0.2) is 9.97 Å². The number of nitrogens with zero attached hydrogens (tertiary/aromatic N) is 3. The highest BCUT2D eigenvalue weighted by atomic mass is 16.5. The summed E-state index contributed by atoms with van der Waals surface area (Å²) < 4.78 is 5.58. The number of rotatable bonds is 6. The first-order valence-electron chi connectivity index (χ1n) is 8.16. The lowest BCUT2D eigenvalue weighted by Gasteiger charge is -2.39. The van der Waals surface area contributed by atoms with Gasteiger partial charge in [0.05, 0.1) is 6.04 Å². The van der Waals surface area contributed by atoms with Crippen molar-refractivity contribution in [2.24, 2.45) is 0 Å². The first kappa shape index (κ1) is 16.2. The van der Waals surface area contributed by atoms with Crippen LogP contribution in [0.4, 0.5) is 5.95 Å². The summed E-state index contributed by atoms with van der Waals surface area (Å²) >= 11 is 0. The van der Waals surface area contributed by atoms with Crippen molar-refractivity contribution < 1.29 is 9.53 Å². The Kier molecular flexibility index (Phi) is 4.93. The zero-order valence-electron chi connectivity index (χ0n) is 14.0. The van der Waals surface area contributed by atoms with E-state index >= 15 is 0 Å². The van der Waals surface area contributed by atoms with Gasteiger partial charge in [-0.3, -0.25) is 4.79 Å². The number of anilines is 1. The van der Waals surface area contributed by atoms with Gasteiger partial charge in [0.15, 0.2) is 6.61 Å². The number of benzene rings is 1. The van der Waals surface area contributed by atoms with Gasteiger partial charge in [0.1, 0.15) is 5.75 Å². The van der Waals surface area contributed by atoms with Gasteiger partial charge in [-0.05, 0) is 29.7 Å². The number of carbonyl (C=O) groups excluding carboxylic acids is 1. The minimum atomic E-state index is -0.00466. The van der Waals surface area contributed by atoms with E-state index in [-0.39, 0.29) is 18.6 Å². The summed E-state index contributed by atoms with van der Waals surface area (Å²) in [5, 5.41) is 3.20. The Morgan fingerprint density at radius 2 is 1.92 bits per heavy atom. The highest BCUT2D eigenvalue weighted by molar-refractivity contribution is 5.79. The molecule has 2 aromatic rings. The molecule has 0 bridgehead atoms. The van der Waals surface area contributed by atoms with Crippen molar-refractivity contribution in [3.8, 4) is 5.75 Å². The Balaban J connectivity index is 1.40. The van der Waals surface area contributed by atoms with E-state index in [2.05, 4.69) is 29.1 Å². The van der Waals surface area contributed by atoms with E-state index in [0.717, 1.165) is 5.75 Å². The molecule has 1 aliphatic rings. The number of hydrogen-bond acceptors (Lipinski definition) is 5. The average Bonchev–Trinajstić information content (AvgIpc) is 2.57. The minimum absolute atomic E-state index is 0.00466. The minimum Gasteiger partial charge on any atom is -0.484 e. The molecule has 6 heteroatoms. The van der Waals surface area contributed by atoms with Crippen molar-refractivity contribution in [3.63, 3.8) is 0 Å². The van der Waals surface area contributed by atoms with Crippen molar-refractivity contribution in [2.45, 2.75) is 25.8 Å². The smallest absolute Gasteiger partial charge is 0.260 e. The van der Waals surface area contributed by atoms with Gasteiger partial charge in [0.2, 0.25) is 5.95 Å². The Hall–Kier alpha value is -2.63. The summed E-state index contributed by atoms with van der Waals surface area (Å²) in [5.41, 5.74) is 1.26. The highest BCUT2D eigenvalue weighted by Crippen LogP contribution is 2.19. The van der Waals surface area contributed by atoms with Gasteiger partial charge in [-0.15, -0.1) is 0 Å². The van der Waals surface area contributed by atoms with E-state index in [1.807, 2.05) is 24.3 Å². The van der Waals surface area contributed by atoms with Gasteiger partial charge in [0, 0.05) is 25.5 Å². The quantitative estimate of drug-likeness (QED) is 0.882. The molecule has 1 fully saturated rings. The normalized spacial score (nSPS) is 14.4. The summed E-state index contributed by atoms with van der Waals surface area (Å²) in [7, 11) is 0. The molecule has 0 radical (unpaired) electrons. The first-order chi connectivity index (χ1) is 11.6. The summed E-state index contributed by atoms with van der Waals surface area (Å²) in [6.07, 6.45) is 3.38. The van der Waals surface area contributed by atoms with Gasteiger partial charge >= 0.3 is 0 Å². The van der Waals surface area contributed by atoms with E-state index in [9.17, 15) is 4.79 Å². The van der Waals surface area contributed by atoms with Crippen molar-refractivity contribution in [1.29, 1.82) is 0 Å². The third-order valence-electron chi connectivity index (χ3n) is 4.04. The van der Waals surface area contributed by atoms with Crippen LogP contribution < -0.4 is 10.1 Å². The summed E-state index contributed by atoms with van der Waals surface area (Å²) in [6, 6.07) is 9.86. The lowest BCUT2D eigenvalue weighted by molar-refractivity contribution is -0.137. The van der Waals surface area contributed by atoms with E-state index in [1.165, 1.54) is 5.56 Å². The predicted molar refractivity (Wildman–Crippen MR) is 92.0 cm³/mol. The molecule has 126 valence electrons. The van der Waals surface area contributed by atoms with Gasteiger partial charge in [-0.2, -0.15) is 0 Å². The van der Waals surface area contributed by atoms with Crippen LogP contribution in [0.2, 0.25) is 0 Å². The zero-order valence-corrected chi connectivity index (χ0v) is 14.0. The number of aromatic nitrogens is 2. The molecular weight excluding hydrogens is 304 g/mol. The molecule has 1 saturated heterocycles. The van der Waals surface area contributed by atoms with Gasteiger partial charge in [-0.1, -0.05) is 26.0 Å². The van der Waals surface area contributed by atoms with Gasteiger partial charge < -0.3 is 15.0 Å². The molecule has 1 aliphatic heterocycles. The monoisotopic (exact) mass is 326 g/mol. The predicted octanol–water partition coefficient (Wildman–Crippen LogP) is 2.30. The molecule has 3 rings (SSSR count). The summed E-state index contributed by atoms with van der Waals surface area (Å²) in [4.78, 5) is 22.1. The SMILES string of the molecule is CC(C)c1ccc(OCC(=O)N2CC(Nc3ncccn3)C2)cc1. The molecule has 1 amide bonds. The largest absolute Gasteiger partial charge is 0.484 e. The van der Waals surface area contributed by atoms with Crippen LogP contribution in [0, 0.1) is 0 Å². The maximum Gasteiger partial charge on any atom is 0.260 e. The lowest BCUT2D eigenvalue weighted by atomic mass is 10.0. The molecule has 0 aliphatic carbocycles. The van der Waals surface area contributed by atoms with Crippen LogP contribution in [0.15, 0.2) is 42.7 Å². The van der Waals surface area contributed by atoms with Crippen LogP contribution in [0.25, 0.3) is 0 Å². The van der Waals surface area contributed by atoms with E-state index in [0.29, 0.717) is 25.0 Å². The number of amides is 1. The Morgan fingerprint density at radius 1 is 1.25 bits per heavy atom. The molecule has 1 aromatic carbocycles. The standard InChI is InChI=1S/C18H22N4O2/c1-13(2)14-4-6-16(7-5-14)24-12-17(23)22-10-15(11-22)21-18-19-8-3-9-20-18/h3-9,13,15H,10-12H2,1-2H3,(H,19,20,21). The van der Waals surface area contributed by atoms with Crippen LogP contribution in [-0.2, 0) is 4.79 Å². The van der Waals surface area contributed by atoms with Crippen molar-refractivity contribution in [1.82, 2.24) is 14.9 Å². The highest BCUT2D eigenvalue weighted by Gasteiger charge is 2.31. The van der Waals surface area contributed by atoms with Crippen LogP contribution in [0.5, 0.6) is 5.75 Å². The molecule has 1 aromatic heterocycles. The molecule has 0 atom stereocenters. The first-order valence-corrected chi connectivity index (χ1v) is 8.16. The third-order valence-corrected chi connectivity index (χ3v) is 4.04. The lowest BCUT2D eigenvalue weighted by Crippen LogP contribution is -2.58. The summed E-state index contributed by atoms with van der Waals surface area (Å²) in [6.45, 7) is 5.65. The van der Waals surface area contributed by atoms with E-state index < -0.39 is 0 Å². The molecule has 6 nitrogen and oxygen atoms in total. The molecular formula is C18H22N4O2. The summed E-state index contributed by atoms with van der Waals surface area (Å²) in [5.74, 6) is 1.80. The fraction of sp³-hybridized carbons (Fsp3) is 0.389. The van der Waals surface area contributed by atoms with Gasteiger partial charge in [0.25, 0.3) is 5.91 Å². The van der Waals surface area contributed by atoms with Crippen LogP contribution in [-0.4, -0.2) is 46.5 Å². The maximum absolute atomic E-state index is 12.1. The maximum atomic E-state index is 12.1. The number of ether oxygens (including phenoxy) is 1. The third kappa shape index (κ3) is 4.01. The molecule has 24 heavy (non-hydrogen) atoms. The van der Waals surface area contributed by atoms with Crippen LogP contribution in [0.3, 0.4) is 0 Å². The average molecular weight is 326 g/mol. The zero-order chi connectivity index (χ0) is 16.9. The number of carbonyl (C=O) groups is 1. The number of nitrogens with one attached hydrogen (secondary N) is 1. The molecule has 2 heterocycles. The molecule has 0 unspecified atom stereocenters. The van der Waals surface area contributed by atoms with Crippen molar-refractivity contribution in [2.75, 3.05) is 25.0 Å². The Morgan fingerprint density at radius 3 is 2.54 bits per heavy atom.